The minimum atomic E-state index is -0.371. The lowest BCUT2D eigenvalue weighted by molar-refractivity contribution is -0.164. The molecular weight excluding hydrogens is 292 g/mol. The van der Waals surface area contributed by atoms with E-state index in [1.807, 2.05) is 11.0 Å². The molecular formula is C18H26N2O3. The molecule has 23 heavy (non-hydrogen) atoms. The molecule has 2 heterocycles. The average molecular weight is 318 g/mol. The Labute approximate surface area is 138 Å². The molecule has 0 spiro atoms. The van der Waals surface area contributed by atoms with Crippen molar-refractivity contribution in [3.8, 4) is 0 Å². The number of nitrogens with zero attached hydrogens (tertiary/aromatic N) is 2. The average Bonchev–Trinajstić information content (AvgIpc) is 2.55. The third-order valence-corrected chi connectivity index (χ3v) is 4.59. The molecule has 1 aromatic carbocycles. The van der Waals surface area contributed by atoms with E-state index < -0.39 is 0 Å². The number of hydrogen-bond acceptors (Lipinski definition) is 4. The standard InChI is InChI=1S/C18H26N2O3/c1-18(2)14-22-10-9-20(18)17(21)16-13-19(8-11-23-16)12-15-6-4-3-5-7-15/h3-7,16H,8-14H2,1-2H3/t16-/m1/s1. The van der Waals surface area contributed by atoms with Crippen molar-refractivity contribution in [3.05, 3.63) is 35.9 Å². The summed E-state index contributed by atoms with van der Waals surface area (Å²) in [4.78, 5) is 17.1. The zero-order chi connectivity index (χ0) is 16.3. The molecule has 0 N–H and O–H groups in total. The molecule has 126 valence electrons. The topological polar surface area (TPSA) is 42.0 Å². The Morgan fingerprint density at radius 3 is 2.74 bits per heavy atom. The van der Waals surface area contributed by atoms with E-state index in [0.29, 0.717) is 32.9 Å². The van der Waals surface area contributed by atoms with Crippen molar-refractivity contribution in [2.45, 2.75) is 32.0 Å². The summed E-state index contributed by atoms with van der Waals surface area (Å²) in [6, 6.07) is 10.4. The summed E-state index contributed by atoms with van der Waals surface area (Å²) in [5.74, 6) is 0.0936. The number of amides is 1. The van der Waals surface area contributed by atoms with Crippen LogP contribution in [-0.4, -0.2) is 66.8 Å². The van der Waals surface area contributed by atoms with Crippen molar-refractivity contribution < 1.29 is 14.3 Å². The fraction of sp³-hybridized carbons (Fsp3) is 0.611. The zero-order valence-corrected chi connectivity index (χ0v) is 14.0. The molecule has 0 saturated carbocycles. The van der Waals surface area contributed by atoms with Crippen molar-refractivity contribution in [1.82, 2.24) is 9.80 Å². The van der Waals surface area contributed by atoms with E-state index in [9.17, 15) is 4.79 Å². The highest BCUT2D eigenvalue weighted by molar-refractivity contribution is 5.82. The molecule has 1 atom stereocenters. The molecule has 0 aromatic heterocycles. The Kier molecular flexibility index (Phi) is 4.99. The largest absolute Gasteiger partial charge is 0.377 e. The first-order valence-electron chi connectivity index (χ1n) is 8.33. The molecule has 0 unspecified atom stereocenters. The third-order valence-electron chi connectivity index (χ3n) is 4.59. The Morgan fingerprint density at radius 2 is 2.00 bits per heavy atom. The Hall–Kier alpha value is -1.43. The number of carbonyl (C=O) groups is 1. The van der Waals surface area contributed by atoms with E-state index in [1.54, 1.807) is 0 Å². The molecule has 0 radical (unpaired) electrons. The van der Waals surface area contributed by atoms with E-state index in [2.05, 4.69) is 43.0 Å². The van der Waals surface area contributed by atoms with Crippen molar-refractivity contribution in [1.29, 1.82) is 0 Å². The predicted molar refractivity (Wildman–Crippen MR) is 88.1 cm³/mol. The van der Waals surface area contributed by atoms with Crippen LogP contribution in [-0.2, 0) is 20.8 Å². The van der Waals surface area contributed by atoms with Crippen molar-refractivity contribution in [3.63, 3.8) is 0 Å². The van der Waals surface area contributed by atoms with Crippen LogP contribution >= 0.6 is 0 Å². The molecule has 2 aliphatic heterocycles. The molecule has 2 fully saturated rings. The number of carbonyl (C=O) groups excluding carboxylic acids is 1. The van der Waals surface area contributed by atoms with Gasteiger partial charge in [0.1, 0.15) is 6.10 Å². The van der Waals surface area contributed by atoms with Gasteiger partial charge in [-0.05, 0) is 19.4 Å². The molecule has 2 aliphatic rings. The highest BCUT2D eigenvalue weighted by Crippen LogP contribution is 2.22. The molecule has 3 rings (SSSR count). The van der Waals surface area contributed by atoms with E-state index in [4.69, 9.17) is 9.47 Å². The predicted octanol–water partition coefficient (Wildman–Crippen LogP) is 1.52. The second-order valence-electron chi connectivity index (χ2n) is 6.94. The van der Waals surface area contributed by atoms with Gasteiger partial charge in [-0.25, -0.2) is 0 Å². The van der Waals surface area contributed by atoms with E-state index in [0.717, 1.165) is 13.1 Å². The quantitative estimate of drug-likeness (QED) is 0.847. The van der Waals surface area contributed by atoms with Gasteiger partial charge in [-0.3, -0.25) is 9.69 Å². The molecule has 1 amide bonds. The monoisotopic (exact) mass is 318 g/mol. The van der Waals surface area contributed by atoms with Gasteiger partial charge in [-0.2, -0.15) is 0 Å². The Bertz CT molecular complexity index is 532. The summed E-state index contributed by atoms with van der Waals surface area (Å²) in [6.45, 7) is 8.92. The Balaban J connectivity index is 1.62. The number of rotatable bonds is 3. The van der Waals surface area contributed by atoms with Crippen LogP contribution in [0.25, 0.3) is 0 Å². The second kappa shape index (κ2) is 6.99. The van der Waals surface area contributed by atoms with Gasteiger partial charge in [0.15, 0.2) is 0 Å². The third kappa shape index (κ3) is 3.91. The van der Waals surface area contributed by atoms with E-state index in [1.165, 1.54) is 5.56 Å². The zero-order valence-electron chi connectivity index (χ0n) is 14.0. The first-order valence-corrected chi connectivity index (χ1v) is 8.33. The summed E-state index contributed by atoms with van der Waals surface area (Å²) >= 11 is 0. The normalized spacial score (nSPS) is 25.3. The van der Waals surface area contributed by atoms with Crippen LogP contribution in [0.15, 0.2) is 30.3 Å². The number of ether oxygens (including phenoxy) is 2. The first-order chi connectivity index (χ1) is 11.1. The van der Waals surface area contributed by atoms with Crippen molar-refractivity contribution in [2.24, 2.45) is 0 Å². The SMILES string of the molecule is CC1(C)COCCN1C(=O)[C@H]1CN(Cc2ccccc2)CCO1. The van der Waals surface area contributed by atoms with Crippen molar-refractivity contribution in [2.75, 3.05) is 39.5 Å². The maximum atomic E-state index is 12.9. The van der Waals surface area contributed by atoms with Crippen LogP contribution < -0.4 is 0 Å². The summed E-state index contributed by atoms with van der Waals surface area (Å²) < 4.78 is 11.3. The van der Waals surface area contributed by atoms with Crippen LogP contribution in [0.4, 0.5) is 0 Å². The van der Waals surface area contributed by atoms with Crippen LogP contribution in [0.3, 0.4) is 0 Å². The minimum absolute atomic E-state index is 0.0936. The minimum Gasteiger partial charge on any atom is -0.377 e. The van der Waals surface area contributed by atoms with E-state index in [-0.39, 0.29) is 17.6 Å². The van der Waals surface area contributed by atoms with Gasteiger partial charge in [0.25, 0.3) is 5.91 Å². The lowest BCUT2D eigenvalue weighted by atomic mass is 10.0. The maximum absolute atomic E-state index is 12.9. The summed E-state index contributed by atoms with van der Waals surface area (Å²) in [6.07, 6.45) is -0.371. The molecule has 0 bridgehead atoms. The van der Waals surface area contributed by atoms with Gasteiger partial charge >= 0.3 is 0 Å². The molecule has 1 aromatic rings. The van der Waals surface area contributed by atoms with Gasteiger partial charge < -0.3 is 14.4 Å². The fourth-order valence-electron chi connectivity index (χ4n) is 3.28. The van der Waals surface area contributed by atoms with Gasteiger partial charge in [0.05, 0.1) is 25.4 Å². The highest BCUT2D eigenvalue weighted by atomic mass is 16.5. The highest BCUT2D eigenvalue weighted by Gasteiger charge is 2.39. The van der Waals surface area contributed by atoms with Gasteiger partial charge in [0.2, 0.25) is 0 Å². The Morgan fingerprint density at radius 1 is 1.22 bits per heavy atom. The van der Waals surface area contributed by atoms with Crippen LogP contribution in [0, 0.1) is 0 Å². The second-order valence-corrected chi connectivity index (χ2v) is 6.94. The first kappa shape index (κ1) is 16.4. The van der Waals surface area contributed by atoms with Crippen LogP contribution in [0.5, 0.6) is 0 Å². The lowest BCUT2D eigenvalue weighted by Gasteiger charge is -2.44. The molecule has 0 aliphatic carbocycles. The molecule has 5 heteroatoms. The summed E-state index contributed by atoms with van der Waals surface area (Å²) in [7, 11) is 0. The number of morpholine rings is 2. The van der Waals surface area contributed by atoms with E-state index >= 15 is 0 Å². The number of benzene rings is 1. The lowest BCUT2D eigenvalue weighted by Crippen LogP contribution is -2.60. The van der Waals surface area contributed by atoms with Gasteiger partial charge in [-0.1, -0.05) is 30.3 Å². The van der Waals surface area contributed by atoms with Crippen LogP contribution in [0.2, 0.25) is 0 Å². The molecule has 2 saturated heterocycles. The summed E-state index contributed by atoms with van der Waals surface area (Å²) in [5.41, 5.74) is 1.01. The maximum Gasteiger partial charge on any atom is 0.253 e. The van der Waals surface area contributed by atoms with Gasteiger partial charge in [0, 0.05) is 26.2 Å². The van der Waals surface area contributed by atoms with Crippen LogP contribution in [0.1, 0.15) is 19.4 Å². The summed E-state index contributed by atoms with van der Waals surface area (Å²) in [5, 5.41) is 0. The smallest absolute Gasteiger partial charge is 0.253 e. The number of hydrogen-bond donors (Lipinski definition) is 0. The van der Waals surface area contributed by atoms with Gasteiger partial charge in [-0.15, -0.1) is 0 Å². The van der Waals surface area contributed by atoms with Crippen molar-refractivity contribution >= 4 is 5.91 Å². The fourth-order valence-corrected chi connectivity index (χ4v) is 3.28. The molecule has 5 nitrogen and oxygen atoms in total.